The van der Waals surface area contributed by atoms with Crippen LogP contribution in [0, 0.1) is 0 Å². The number of oxazole rings is 1. The third-order valence-corrected chi connectivity index (χ3v) is 3.19. The van der Waals surface area contributed by atoms with Crippen LogP contribution in [0.25, 0.3) is 11.3 Å². The predicted octanol–water partition coefficient (Wildman–Crippen LogP) is 3.99. The van der Waals surface area contributed by atoms with Crippen LogP contribution in [0.4, 0.5) is 16.2 Å². The third kappa shape index (κ3) is 3.68. The van der Waals surface area contributed by atoms with Gasteiger partial charge in [0.05, 0.1) is 13.3 Å². The van der Waals surface area contributed by atoms with Gasteiger partial charge in [-0.15, -0.1) is 0 Å². The summed E-state index contributed by atoms with van der Waals surface area (Å²) in [6.07, 6.45) is 3.01. The normalized spacial score (nSPS) is 10.1. The SMILES string of the molecule is COc1cccc(NC(=O)Nc2ccc(-c3cnco3)cc2)c1. The molecule has 0 aliphatic rings. The highest BCUT2D eigenvalue weighted by Gasteiger charge is 2.05. The minimum absolute atomic E-state index is 0.328. The number of hydrogen-bond acceptors (Lipinski definition) is 4. The number of benzene rings is 2. The second kappa shape index (κ2) is 6.65. The highest BCUT2D eigenvalue weighted by molar-refractivity contribution is 5.99. The number of urea groups is 1. The predicted molar refractivity (Wildman–Crippen MR) is 87.6 cm³/mol. The number of nitrogens with one attached hydrogen (secondary N) is 2. The molecule has 0 unspecified atom stereocenters. The number of carbonyl (C=O) groups excluding carboxylic acids is 1. The van der Waals surface area contributed by atoms with E-state index in [9.17, 15) is 4.79 Å². The fourth-order valence-electron chi connectivity index (χ4n) is 2.07. The van der Waals surface area contributed by atoms with Gasteiger partial charge in [0.1, 0.15) is 5.75 Å². The van der Waals surface area contributed by atoms with Crippen LogP contribution in [-0.4, -0.2) is 18.1 Å². The van der Waals surface area contributed by atoms with Crippen LogP contribution in [0.5, 0.6) is 5.75 Å². The molecule has 0 bridgehead atoms. The van der Waals surface area contributed by atoms with Crippen LogP contribution < -0.4 is 15.4 Å². The standard InChI is InChI=1S/C17H15N3O3/c1-22-15-4-2-3-14(9-15)20-17(21)19-13-7-5-12(6-8-13)16-10-18-11-23-16/h2-11H,1H3,(H2,19,20,21). The van der Waals surface area contributed by atoms with Gasteiger partial charge in [-0.2, -0.15) is 0 Å². The number of methoxy groups -OCH3 is 1. The summed E-state index contributed by atoms with van der Waals surface area (Å²) in [6.45, 7) is 0. The lowest BCUT2D eigenvalue weighted by Gasteiger charge is -2.09. The van der Waals surface area contributed by atoms with Crippen LogP contribution in [0.3, 0.4) is 0 Å². The summed E-state index contributed by atoms with van der Waals surface area (Å²) in [5.41, 5.74) is 2.22. The van der Waals surface area contributed by atoms with E-state index in [0.29, 0.717) is 22.9 Å². The van der Waals surface area contributed by atoms with E-state index in [-0.39, 0.29) is 6.03 Å². The number of hydrogen-bond donors (Lipinski definition) is 2. The zero-order chi connectivity index (χ0) is 16.1. The van der Waals surface area contributed by atoms with E-state index < -0.39 is 0 Å². The molecule has 0 saturated heterocycles. The maximum atomic E-state index is 12.0. The molecule has 2 aromatic carbocycles. The Morgan fingerprint density at radius 3 is 2.57 bits per heavy atom. The number of carbonyl (C=O) groups is 1. The number of amides is 2. The molecule has 3 rings (SSSR count). The van der Waals surface area contributed by atoms with Gasteiger partial charge in [0.15, 0.2) is 12.2 Å². The molecule has 6 heteroatoms. The zero-order valence-corrected chi connectivity index (χ0v) is 12.4. The molecule has 0 radical (unpaired) electrons. The molecule has 6 nitrogen and oxygen atoms in total. The van der Waals surface area contributed by atoms with E-state index in [2.05, 4.69) is 15.6 Å². The lowest BCUT2D eigenvalue weighted by Crippen LogP contribution is -2.19. The molecule has 0 fully saturated rings. The summed E-state index contributed by atoms with van der Waals surface area (Å²) in [5, 5.41) is 5.51. The van der Waals surface area contributed by atoms with Crippen LogP contribution in [0.2, 0.25) is 0 Å². The Morgan fingerprint density at radius 1 is 1.09 bits per heavy atom. The highest BCUT2D eigenvalue weighted by Crippen LogP contribution is 2.21. The first-order valence-electron chi connectivity index (χ1n) is 6.95. The number of anilines is 2. The summed E-state index contributed by atoms with van der Waals surface area (Å²) in [7, 11) is 1.58. The Hall–Kier alpha value is -3.28. The van der Waals surface area contributed by atoms with Crippen molar-refractivity contribution >= 4 is 17.4 Å². The number of rotatable bonds is 4. The van der Waals surface area contributed by atoms with Gasteiger partial charge in [-0.25, -0.2) is 9.78 Å². The Bertz CT molecular complexity index is 783. The Labute approximate surface area is 133 Å². The van der Waals surface area contributed by atoms with Crippen molar-refractivity contribution in [2.75, 3.05) is 17.7 Å². The summed E-state index contributed by atoms with van der Waals surface area (Å²) in [5.74, 6) is 1.36. The van der Waals surface area contributed by atoms with Crippen molar-refractivity contribution in [1.29, 1.82) is 0 Å². The Kier molecular flexibility index (Phi) is 4.24. The van der Waals surface area contributed by atoms with Crippen LogP contribution in [0.15, 0.2) is 65.5 Å². The van der Waals surface area contributed by atoms with Crippen LogP contribution >= 0.6 is 0 Å². The molecule has 1 aromatic heterocycles. The van der Waals surface area contributed by atoms with Gasteiger partial charge in [-0.05, 0) is 36.4 Å². The molecular weight excluding hydrogens is 294 g/mol. The van der Waals surface area contributed by atoms with Crippen molar-refractivity contribution in [3.05, 3.63) is 61.1 Å². The lowest BCUT2D eigenvalue weighted by atomic mass is 10.2. The van der Waals surface area contributed by atoms with Gasteiger partial charge >= 0.3 is 6.03 Å². The summed E-state index contributed by atoms with van der Waals surface area (Å²) in [6, 6.07) is 14.1. The average molecular weight is 309 g/mol. The molecule has 0 aliphatic carbocycles. The fourth-order valence-corrected chi connectivity index (χ4v) is 2.07. The molecule has 116 valence electrons. The zero-order valence-electron chi connectivity index (χ0n) is 12.4. The second-order valence-electron chi connectivity index (χ2n) is 4.75. The van der Waals surface area contributed by atoms with Gasteiger partial charge < -0.3 is 19.8 Å². The Morgan fingerprint density at radius 2 is 1.87 bits per heavy atom. The molecule has 0 spiro atoms. The van der Waals surface area contributed by atoms with Crippen molar-refractivity contribution in [3.8, 4) is 17.1 Å². The Balaban J connectivity index is 1.63. The molecule has 2 N–H and O–H groups in total. The molecule has 2 amide bonds. The maximum Gasteiger partial charge on any atom is 0.323 e. The fraction of sp³-hybridized carbons (Fsp3) is 0.0588. The second-order valence-corrected chi connectivity index (χ2v) is 4.75. The molecule has 23 heavy (non-hydrogen) atoms. The molecule has 0 atom stereocenters. The monoisotopic (exact) mass is 309 g/mol. The van der Waals surface area contributed by atoms with Crippen LogP contribution in [-0.2, 0) is 0 Å². The number of nitrogens with zero attached hydrogens (tertiary/aromatic N) is 1. The van der Waals surface area contributed by atoms with Crippen molar-refractivity contribution in [3.63, 3.8) is 0 Å². The van der Waals surface area contributed by atoms with Crippen LogP contribution in [0.1, 0.15) is 0 Å². The summed E-state index contributed by atoms with van der Waals surface area (Å²) < 4.78 is 10.3. The molecule has 0 saturated carbocycles. The van der Waals surface area contributed by atoms with Gasteiger partial charge in [-0.1, -0.05) is 6.07 Å². The van der Waals surface area contributed by atoms with E-state index in [1.165, 1.54) is 6.39 Å². The van der Waals surface area contributed by atoms with Gasteiger partial charge in [0, 0.05) is 23.0 Å². The summed E-state index contributed by atoms with van der Waals surface area (Å²) in [4.78, 5) is 15.9. The van der Waals surface area contributed by atoms with Gasteiger partial charge in [0.25, 0.3) is 0 Å². The molecular formula is C17H15N3O3. The lowest BCUT2D eigenvalue weighted by molar-refractivity contribution is 0.262. The van der Waals surface area contributed by atoms with Gasteiger partial charge in [-0.3, -0.25) is 0 Å². The molecule has 3 aromatic rings. The molecule has 0 aliphatic heterocycles. The van der Waals surface area contributed by atoms with E-state index in [1.54, 1.807) is 43.6 Å². The maximum absolute atomic E-state index is 12.0. The quantitative estimate of drug-likeness (QED) is 0.764. The number of aromatic nitrogens is 1. The number of ether oxygens (including phenoxy) is 1. The first-order valence-corrected chi connectivity index (χ1v) is 6.95. The first-order chi connectivity index (χ1) is 11.2. The first kappa shape index (κ1) is 14.6. The largest absolute Gasteiger partial charge is 0.497 e. The smallest absolute Gasteiger partial charge is 0.323 e. The molecule has 1 heterocycles. The highest BCUT2D eigenvalue weighted by atomic mass is 16.5. The average Bonchev–Trinajstić information content (AvgIpc) is 3.10. The van der Waals surface area contributed by atoms with Crippen molar-refractivity contribution in [2.24, 2.45) is 0 Å². The third-order valence-electron chi connectivity index (χ3n) is 3.19. The van der Waals surface area contributed by atoms with E-state index >= 15 is 0 Å². The van der Waals surface area contributed by atoms with Crippen molar-refractivity contribution in [2.45, 2.75) is 0 Å². The minimum atomic E-state index is -0.328. The summed E-state index contributed by atoms with van der Waals surface area (Å²) >= 11 is 0. The van der Waals surface area contributed by atoms with Crippen molar-refractivity contribution in [1.82, 2.24) is 4.98 Å². The minimum Gasteiger partial charge on any atom is -0.497 e. The van der Waals surface area contributed by atoms with E-state index in [4.69, 9.17) is 9.15 Å². The van der Waals surface area contributed by atoms with Gasteiger partial charge in [0.2, 0.25) is 0 Å². The van der Waals surface area contributed by atoms with E-state index in [0.717, 1.165) is 5.56 Å². The van der Waals surface area contributed by atoms with E-state index in [1.807, 2.05) is 18.2 Å². The topological polar surface area (TPSA) is 76.4 Å². The van der Waals surface area contributed by atoms with Crippen molar-refractivity contribution < 1.29 is 13.9 Å².